The van der Waals surface area contributed by atoms with Crippen LogP contribution in [-0.2, 0) is 4.79 Å². The van der Waals surface area contributed by atoms with Crippen LogP contribution in [0.1, 0.15) is 18.7 Å². The van der Waals surface area contributed by atoms with Gasteiger partial charge in [0.15, 0.2) is 0 Å². The Morgan fingerprint density at radius 1 is 1.40 bits per heavy atom. The third-order valence-electron chi connectivity index (χ3n) is 3.13. The van der Waals surface area contributed by atoms with Crippen molar-refractivity contribution in [3.63, 3.8) is 0 Å². The van der Waals surface area contributed by atoms with E-state index in [0.717, 1.165) is 4.90 Å². The molecule has 2 atom stereocenters. The number of nitrogens with one attached hydrogen (secondary N) is 1. The summed E-state index contributed by atoms with van der Waals surface area (Å²) < 4.78 is 42.8. The maximum absolute atomic E-state index is 12.6. The van der Waals surface area contributed by atoms with Crippen molar-refractivity contribution in [3.8, 4) is 5.75 Å². The molecule has 1 heterocycles. The summed E-state index contributed by atoms with van der Waals surface area (Å²) in [6.07, 6.45) is -5.23. The molecule has 1 amide bonds. The van der Waals surface area contributed by atoms with Crippen LogP contribution in [0.15, 0.2) is 24.3 Å². The zero-order valence-electron chi connectivity index (χ0n) is 11.1. The lowest BCUT2D eigenvalue weighted by Crippen LogP contribution is -2.38. The quantitative estimate of drug-likeness (QED) is 0.926. The highest BCUT2D eigenvalue weighted by atomic mass is 19.4. The Kier molecular flexibility index (Phi) is 3.89. The van der Waals surface area contributed by atoms with Crippen LogP contribution in [0.25, 0.3) is 0 Å². The molecular formula is C13H15F3N2O2. The van der Waals surface area contributed by atoms with E-state index < -0.39 is 30.8 Å². The van der Waals surface area contributed by atoms with Crippen LogP contribution >= 0.6 is 0 Å². The van der Waals surface area contributed by atoms with Gasteiger partial charge in [0.25, 0.3) is 0 Å². The molecule has 1 aliphatic rings. The maximum Gasteiger partial charge on any atom is 0.406 e. The summed E-state index contributed by atoms with van der Waals surface area (Å²) in [6, 6.07) is 6.00. The van der Waals surface area contributed by atoms with Crippen LogP contribution in [0.2, 0.25) is 0 Å². The van der Waals surface area contributed by atoms with Gasteiger partial charge in [-0.3, -0.25) is 10.1 Å². The van der Waals surface area contributed by atoms with E-state index in [1.54, 1.807) is 31.2 Å². The number of hydrogen-bond donors (Lipinski definition) is 1. The van der Waals surface area contributed by atoms with Gasteiger partial charge < -0.3 is 9.64 Å². The van der Waals surface area contributed by atoms with E-state index in [1.807, 2.05) is 0 Å². The Hall–Kier alpha value is -1.76. The van der Waals surface area contributed by atoms with Crippen LogP contribution in [0.4, 0.5) is 13.2 Å². The molecular weight excluding hydrogens is 273 g/mol. The molecule has 0 bridgehead atoms. The number of ether oxygens (including phenoxy) is 1. The number of rotatable bonds is 3. The Morgan fingerprint density at radius 2 is 2.10 bits per heavy atom. The number of halogens is 3. The molecule has 4 nitrogen and oxygen atoms in total. The fraction of sp³-hybridized carbons (Fsp3) is 0.462. The molecule has 0 aromatic heterocycles. The molecule has 0 saturated carbocycles. The Labute approximate surface area is 114 Å². The van der Waals surface area contributed by atoms with Gasteiger partial charge in [0.1, 0.15) is 18.5 Å². The summed E-state index contributed by atoms with van der Waals surface area (Å²) in [6.45, 7) is 0.275. The van der Waals surface area contributed by atoms with Crippen LogP contribution in [-0.4, -0.2) is 36.7 Å². The monoisotopic (exact) mass is 288 g/mol. The van der Waals surface area contributed by atoms with Crippen LogP contribution in [0.5, 0.6) is 5.75 Å². The first-order valence-electron chi connectivity index (χ1n) is 6.09. The van der Waals surface area contributed by atoms with Crippen LogP contribution < -0.4 is 10.1 Å². The molecule has 1 N–H and O–H groups in total. The topological polar surface area (TPSA) is 41.6 Å². The van der Waals surface area contributed by atoms with Gasteiger partial charge in [0, 0.05) is 0 Å². The molecule has 2 unspecified atom stereocenters. The molecule has 1 aliphatic heterocycles. The molecule has 20 heavy (non-hydrogen) atoms. The molecule has 2 rings (SSSR count). The number of nitrogens with zero attached hydrogens (tertiary/aromatic N) is 1. The Morgan fingerprint density at radius 3 is 2.70 bits per heavy atom. The first kappa shape index (κ1) is 14.6. The molecule has 110 valence electrons. The van der Waals surface area contributed by atoms with Crippen molar-refractivity contribution < 1.29 is 22.7 Å². The van der Waals surface area contributed by atoms with Gasteiger partial charge in [-0.15, -0.1) is 0 Å². The minimum Gasteiger partial charge on any atom is -0.497 e. The van der Waals surface area contributed by atoms with Gasteiger partial charge in [-0.05, 0) is 24.6 Å². The van der Waals surface area contributed by atoms with Gasteiger partial charge in [-0.1, -0.05) is 12.1 Å². The van der Waals surface area contributed by atoms with E-state index >= 15 is 0 Å². The maximum atomic E-state index is 12.6. The molecule has 0 spiro atoms. The van der Waals surface area contributed by atoms with Crippen molar-refractivity contribution in [2.45, 2.75) is 25.3 Å². The third-order valence-corrected chi connectivity index (χ3v) is 3.13. The van der Waals surface area contributed by atoms with Gasteiger partial charge in [-0.25, -0.2) is 0 Å². The summed E-state index contributed by atoms with van der Waals surface area (Å²) in [5.74, 6) is -0.0293. The molecule has 1 saturated heterocycles. The number of carbonyl (C=O) groups is 1. The molecule has 1 aromatic carbocycles. The minimum atomic E-state index is -4.43. The summed E-state index contributed by atoms with van der Waals surface area (Å²) in [5, 5.41) is 2.86. The number of amides is 1. The highest BCUT2D eigenvalue weighted by Crippen LogP contribution is 2.30. The van der Waals surface area contributed by atoms with Crippen molar-refractivity contribution >= 4 is 5.91 Å². The van der Waals surface area contributed by atoms with E-state index in [9.17, 15) is 18.0 Å². The second-order valence-corrected chi connectivity index (χ2v) is 4.65. The lowest BCUT2D eigenvalue weighted by molar-refractivity contribution is -0.161. The average molecular weight is 288 g/mol. The van der Waals surface area contributed by atoms with E-state index in [1.165, 1.54) is 7.11 Å². The number of hydrogen-bond acceptors (Lipinski definition) is 3. The van der Waals surface area contributed by atoms with Crippen molar-refractivity contribution in [1.29, 1.82) is 0 Å². The summed E-state index contributed by atoms with van der Waals surface area (Å²) in [5.41, 5.74) is 0.561. The molecule has 0 radical (unpaired) electrons. The lowest BCUT2D eigenvalue weighted by Gasteiger charge is -2.25. The zero-order valence-corrected chi connectivity index (χ0v) is 11.1. The van der Waals surface area contributed by atoms with E-state index in [0.29, 0.717) is 11.3 Å². The Balaban J connectivity index is 2.30. The average Bonchev–Trinajstić information content (AvgIpc) is 2.65. The second kappa shape index (κ2) is 5.32. The van der Waals surface area contributed by atoms with Crippen molar-refractivity contribution in [3.05, 3.63) is 29.8 Å². The number of benzene rings is 1. The first-order valence-corrected chi connectivity index (χ1v) is 6.09. The van der Waals surface area contributed by atoms with Crippen LogP contribution in [0, 0.1) is 0 Å². The van der Waals surface area contributed by atoms with E-state index in [-0.39, 0.29) is 0 Å². The summed E-state index contributed by atoms with van der Waals surface area (Å²) >= 11 is 0. The van der Waals surface area contributed by atoms with Gasteiger partial charge >= 0.3 is 6.18 Å². The lowest BCUT2D eigenvalue weighted by atomic mass is 10.1. The van der Waals surface area contributed by atoms with Crippen molar-refractivity contribution in [2.75, 3.05) is 13.7 Å². The molecule has 1 aromatic rings. The number of carbonyl (C=O) groups excluding carboxylic acids is 1. The van der Waals surface area contributed by atoms with E-state index in [4.69, 9.17) is 4.74 Å². The standard InChI is InChI=1S/C13H15F3N2O2/c1-8-12(19)18(7-13(14,15)16)11(17-8)9-4-3-5-10(6-9)20-2/h3-6,8,11,17H,7H2,1-2H3. The molecule has 1 fully saturated rings. The highest BCUT2D eigenvalue weighted by molar-refractivity contribution is 5.84. The van der Waals surface area contributed by atoms with Crippen molar-refractivity contribution in [1.82, 2.24) is 10.2 Å². The zero-order chi connectivity index (χ0) is 14.9. The van der Waals surface area contributed by atoms with E-state index in [2.05, 4.69) is 5.32 Å². The smallest absolute Gasteiger partial charge is 0.406 e. The first-order chi connectivity index (χ1) is 9.31. The second-order valence-electron chi connectivity index (χ2n) is 4.65. The summed E-state index contributed by atoms with van der Waals surface area (Å²) in [4.78, 5) is 12.7. The van der Waals surface area contributed by atoms with Gasteiger partial charge in [0.05, 0.1) is 13.2 Å². The molecule has 7 heteroatoms. The number of alkyl halides is 3. The SMILES string of the molecule is COc1cccc(C2NC(C)C(=O)N2CC(F)(F)F)c1. The Bertz CT molecular complexity index is 505. The normalized spacial score (nSPS) is 23.2. The highest BCUT2D eigenvalue weighted by Gasteiger charge is 2.43. The fourth-order valence-corrected chi connectivity index (χ4v) is 2.22. The predicted molar refractivity (Wildman–Crippen MR) is 66.1 cm³/mol. The van der Waals surface area contributed by atoms with Gasteiger partial charge in [-0.2, -0.15) is 13.2 Å². The van der Waals surface area contributed by atoms with Gasteiger partial charge in [0.2, 0.25) is 5.91 Å². The fourth-order valence-electron chi connectivity index (χ4n) is 2.22. The number of methoxy groups -OCH3 is 1. The largest absolute Gasteiger partial charge is 0.497 e. The molecule has 0 aliphatic carbocycles. The summed E-state index contributed by atoms with van der Waals surface area (Å²) in [7, 11) is 1.47. The predicted octanol–water partition coefficient (Wildman–Crippen LogP) is 2.08. The minimum absolute atomic E-state index is 0.531. The third kappa shape index (κ3) is 3.04. The van der Waals surface area contributed by atoms with Crippen molar-refractivity contribution in [2.24, 2.45) is 0 Å². The van der Waals surface area contributed by atoms with Crippen LogP contribution in [0.3, 0.4) is 0 Å².